The number of nitrogens with zero attached hydrogens (tertiary/aromatic N) is 1. The number of morpholine rings is 1. The highest BCUT2D eigenvalue weighted by Gasteiger charge is 2.26. The van der Waals surface area contributed by atoms with E-state index in [1.165, 1.54) is 7.11 Å². The maximum atomic E-state index is 12.3. The molecule has 0 bridgehead atoms. The number of rotatable bonds is 2. The number of esters is 1. The lowest BCUT2D eigenvalue weighted by Crippen LogP contribution is -2.49. The summed E-state index contributed by atoms with van der Waals surface area (Å²) in [4.78, 5) is 25.7. The fraction of sp³-hybridized carbons (Fsp3) is 0.467. The van der Waals surface area contributed by atoms with Crippen molar-refractivity contribution < 1.29 is 19.1 Å². The summed E-state index contributed by atoms with van der Waals surface area (Å²) in [6.45, 7) is 4.91. The Bertz CT molecular complexity index is 522. The minimum Gasteiger partial charge on any atom is -0.465 e. The number of nitrogens with one attached hydrogen (secondary N) is 1. The smallest absolute Gasteiger partial charge is 0.339 e. The van der Waals surface area contributed by atoms with Gasteiger partial charge < -0.3 is 19.7 Å². The molecule has 0 aromatic heterocycles. The van der Waals surface area contributed by atoms with Gasteiger partial charge in [0.05, 0.1) is 30.6 Å². The molecule has 21 heavy (non-hydrogen) atoms. The summed E-state index contributed by atoms with van der Waals surface area (Å²) in [6, 6.07) is 6.53. The first-order valence-corrected chi connectivity index (χ1v) is 6.90. The Balaban J connectivity index is 2.11. The molecule has 0 saturated carbocycles. The number of hydrogen-bond donors (Lipinski definition) is 1. The summed E-state index contributed by atoms with van der Waals surface area (Å²) in [5, 5.41) is 2.77. The lowest BCUT2D eigenvalue weighted by molar-refractivity contribution is -0.0530. The normalized spacial score (nSPS) is 21.8. The number of anilines is 1. The summed E-state index contributed by atoms with van der Waals surface area (Å²) in [5.41, 5.74) is 0.781. The summed E-state index contributed by atoms with van der Waals surface area (Å²) >= 11 is 0. The van der Waals surface area contributed by atoms with Gasteiger partial charge in [0.2, 0.25) is 0 Å². The molecule has 114 valence electrons. The minimum atomic E-state index is -0.477. The van der Waals surface area contributed by atoms with Gasteiger partial charge in [-0.05, 0) is 26.0 Å². The molecule has 0 aliphatic carbocycles. The van der Waals surface area contributed by atoms with Crippen LogP contribution in [0.15, 0.2) is 24.3 Å². The molecule has 1 saturated heterocycles. The van der Waals surface area contributed by atoms with Gasteiger partial charge in [0.1, 0.15) is 0 Å². The van der Waals surface area contributed by atoms with E-state index in [0.29, 0.717) is 24.3 Å². The van der Waals surface area contributed by atoms with Gasteiger partial charge in [-0.25, -0.2) is 9.59 Å². The van der Waals surface area contributed by atoms with Crippen molar-refractivity contribution in [1.82, 2.24) is 4.90 Å². The van der Waals surface area contributed by atoms with Crippen LogP contribution in [0.25, 0.3) is 0 Å². The Morgan fingerprint density at radius 3 is 2.48 bits per heavy atom. The number of urea groups is 1. The highest BCUT2D eigenvalue weighted by atomic mass is 16.5. The van der Waals surface area contributed by atoms with E-state index in [1.807, 2.05) is 13.8 Å². The standard InChI is InChI=1S/C15H20N2O4/c1-10-8-17(9-11(2)21-10)15(19)16-13-7-5-4-6-12(13)14(18)20-3/h4-7,10-11H,8-9H2,1-3H3,(H,16,19). The number of carbonyl (C=O) groups excluding carboxylic acids is 2. The summed E-state index contributed by atoms with van der Waals surface area (Å²) in [7, 11) is 1.31. The van der Waals surface area contributed by atoms with Crippen molar-refractivity contribution in [2.24, 2.45) is 0 Å². The van der Waals surface area contributed by atoms with Gasteiger partial charge in [-0.1, -0.05) is 12.1 Å². The molecule has 2 amide bonds. The maximum Gasteiger partial charge on any atom is 0.339 e. The number of carbonyl (C=O) groups is 2. The molecule has 1 aromatic rings. The fourth-order valence-corrected chi connectivity index (χ4v) is 2.42. The monoisotopic (exact) mass is 292 g/mol. The number of ether oxygens (including phenoxy) is 2. The molecule has 2 rings (SSSR count). The van der Waals surface area contributed by atoms with E-state index < -0.39 is 5.97 Å². The van der Waals surface area contributed by atoms with Gasteiger partial charge in [-0.2, -0.15) is 0 Å². The molecule has 1 aromatic carbocycles. The second-order valence-electron chi connectivity index (χ2n) is 5.13. The van der Waals surface area contributed by atoms with Crippen molar-refractivity contribution in [3.05, 3.63) is 29.8 Å². The lowest BCUT2D eigenvalue weighted by Gasteiger charge is -2.35. The zero-order valence-electron chi connectivity index (χ0n) is 12.5. The van der Waals surface area contributed by atoms with Crippen molar-refractivity contribution >= 4 is 17.7 Å². The van der Waals surface area contributed by atoms with Crippen LogP contribution in [0.5, 0.6) is 0 Å². The van der Waals surface area contributed by atoms with Crippen LogP contribution in [0.1, 0.15) is 24.2 Å². The molecule has 2 atom stereocenters. The third-order valence-electron chi connectivity index (χ3n) is 3.28. The van der Waals surface area contributed by atoms with Gasteiger partial charge in [-0.3, -0.25) is 0 Å². The zero-order valence-corrected chi connectivity index (χ0v) is 12.5. The highest BCUT2D eigenvalue weighted by molar-refractivity contribution is 6.00. The second kappa shape index (κ2) is 6.58. The van der Waals surface area contributed by atoms with Crippen LogP contribution in [-0.2, 0) is 9.47 Å². The van der Waals surface area contributed by atoms with E-state index in [0.717, 1.165) is 0 Å². The largest absolute Gasteiger partial charge is 0.465 e. The molecule has 6 heteroatoms. The number of para-hydroxylation sites is 1. The first-order chi connectivity index (χ1) is 10.0. The van der Waals surface area contributed by atoms with Gasteiger partial charge in [-0.15, -0.1) is 0 Å². The number of benzene rings is 1. The molecule has 1 fully saturated rings. The van der Waals surface area contributed by atoms with Crippen molar-refractivity contribution in [3.8, 4) is 0 Å². The SMILES string of the molecule is COC(=O)c1ccccc1NC(=O)N1CC(C)OC(C)C1. The van der Waals surface area contributed by atoms with Crippen LogP contribution in [-0.4, -0.2) is 49.3 Å². The minimum absolute atomic E-state index is 0.00430. The molecular weight excluding hydrogens is 272 g/mol. The maximum absolute atomic E-state index is 12.3. The molecule has 0 radical (unpaired) electrons. The van der Waals surface area contributed by atoms with Gasteiger partial charge in [0.25, 0.3) is 0 Å². The van der Waals surface area contributed by atoms with E-state index >= 15 is 0 Å². The lowest BCUT2D eigenvalue weighted by atomic mass is 10.2. The van der Waals surface area contributed by atoms with Gasteiger partial charge in [0.15, 0.2) is 0 Å². The molecular formula is C15H20N2O4. The summed E-state index contributed by atoms with van der Waals surface area (Å²) in [6.07, 6.45) is -0.00861. The number of methoxy groups -OCH3 is 1. The van der Waals surface area contributed by atoms with Crippen LogP contribution in [0.2, 0.25) is 0 Å². The van der Waals surface area contributed by atoms with Crippen LogP contribution in [0.3, 0.4) is 0 Å². The predicted octanol–water partition coefficient (Wildman–Crippen LogP) is 2.11. The zero-order chi connectivity index (χ0) is 15.4. The molecule has 1 aliphatic rings. The van der Waals surface area contributed by atoms with E-state index in [9.17, 15) is 9.59 Å². The first kappa shape index (κ1) is 15.3. The molecule has 1 aliphatic heterocycles. The van der Waals surface area contributed by atoms with E-state index in [-0.39, 0.29) is 18.2 Å². The first-order valence-electron chi connectivity index (χ1n) is 6.90. The topological polar surface area (TPSA) is 67.9 Å². The Labute approximate surface area is 124 Å². The fourth-order valence-electron chi connectivity index (χ4n) is 2.42. The van der Waals surface area contributed by atoms with Crippen LogP contribution in [0.4, 0.5) is 10.5 Å². The molecule has 1 heterocycles. The summed E-state index contributed by atoms with van der Waals surface area (Å²) in [5.74, 6) is -0.477. The number of amides is 2. The van der Waals surface area contributed by atoms with E-state index in [2.05, 4.69) is 5.32 Å². The Morgan fingerprint density at radius 1 is 1.24 bits per heavy atom. The Kier molecular flexibility index (Phi) is 4.80. The molecule has 6 nitrogen and oxygen atoms in total. The van der Waals surface area contributed by atoms with Crippen molar-refractivity contribution in [3.63, 3.8) is 0 Å². The predicted molar refractivity (Wildman–Crippen MR) is 78.4 cm³/mol. The van der Waals surface area contributed by atoms with Crippen molar-refractivity contribution in [2.75, 3.05) is 25.5 Å². The molecule has 0 spiro atoms. The third kappa shape index (κ3) is 3.72. The summed E-state index contributed by atoms with van der Waals surface area (Å²) < 4.78 is 10.3. The van der Waals surface area contributed by atoms with Crippen molar-refractivity contribution in [2.45, 2.75) is 26.1 Å². The van der Waals surface area contributed by atoms with Crippen LogP contribution >= 0.6 is 0 Å². The third-order valence-corrected chi connectivity index (χ3v) is 3.28. The van der Waals surface area contributed by atoms with E-state index in [1.54, 1.807) is 29.2 Å². The van der Waals surface area contributed by atoms with Gasteiger partial charge >= 0.3 is 12.0 Å². The second-order valence-corrected chi connectivity index (χ2v) is 5.13. The Hall–Kier alpha value is -2.08. The average Bonchev–Trinajstić information content (AvgIpc) is 2.46. The van der Waals surface area contributed by atoms with Crippen LogP contribution in [0, 0.1) is 0 Å². The Morgan fingerprint density at radius 2 is 1.86 bits per heavy atom. The van der Waals surface area contributed by atoms with Gasteiger partial charge in [0, 0.05) is 13.1 Å². The quantitative estimate of drug-likeness (QED) is 0.848. The van der Waals surface area contributed by atoms with Crippen molar-refractivity contribution in [1.29, 1.82) is 0 Å². The average molecular weight is 292 g/mol. The molecule has 2 unspecified atom stereocenters. The number of hydrogen-bond acceptors (Lipinski definition) is 4. The highest BCUT2D eigenvalue weighted by Crippen LogP contribution is 2.18. The van der Waals surface area contributed by atoms with Crippen LogP contribution < -0.4 is 5.32 Å². The van der Waals surface area contributed by atoms with E-state index in [4.69, 9.17) is 9.47 Å². The molecule has 1 N–H and O–H groups in total.